The van der Waals surface area contributed by atoms with Gasteiger partial charge in [-0.3, -0.25) is 9.98 Å². The molecule has 0 bridgehead atoms. The number of nitrogens with one attached hydrogen (secondary N) is 2. The number of allylic oxidation sites excluding steroid dienone is 1. The van der Waals surface area contributed by atoms with Crippen molar-refractivity contribution in [1.82, 2.24) is 25.7 Å². The number of rotatable bonds is 14. The van der Waals surface area contributed by atoms with E-state index in [9.17, 15) is 9.90 Å². The zero-order valence-electron chi connectivity index (χ0n) is 23.0. The number of para-hydroxylation sites is 1. The van der Waals surface area contributed by atoms with Crippen LogP contribution in [0.1, 0.15) is 55.7 Å². The molecule has 0 fully saturated rings. The lowest BCUT2D eigenvalue weighted by atomic mass is 9.94. The van der Waals surface area contributed by atoms with Gasteiger partial charge in [0.2, 0.25) is 0 Å². The Morgan fingerprint density at radius 3 is 2.75 bits per heavy atom. The second kappa shape index (κ2) is 13.6. The van der Waals surface area contributed by atoms with Crippen molar-refractivity contribution in [3.05, 3.63) is 65.8 Å². The number of fused-ring (bicyclic) bond motifs is 1. The van der Waals surface area contributed by atoms with Crippen molar-refractivity contribution in [3.8, 4) is 17.0 Å². The van der Waals surface area contributed by atoms with E-state index in [2.05, 4.69) is 42.4 Å². The molecule has 0 saturated heterocycles. The number of hydrogen-bond donors (Lipinski definition) is 3. The molecule has 3 heterocycles. The molecule has 3 aromatic heterocycles. The Morgan fingerprint density at radius 2 is 2.02 bits per heavy atom. The SMILES string of the molecule is C=N/C=C(\C=NCCC(CCNC)c1cc2nnc(-c3ccccc3O)cc2[nH]1)c1cc(C(C=O)C(C)C)on1. The molecule has 208 valence electrons. The van der Waals surface area contributed by atoms with Gasteiger partial charge in [0.05, 0.1) is 17.1 Å². The molecule has 0 aliphatic rings. The molecule has 0 spiro atoms. The summed E-state index contributed by atoms with van der Waals surface area (Å²) in [6, 6.07) is 12.8. The van der Waals surface area contributed by atoms with Gasteiger partial charge in [-0.05, 0) is 63.3 Å². The van der Waals surface area contributed by atoms with Crippen molar-refractivity contribution < 1.29 is 14.4 Å². The van der Waals surface area contributed by atoms with Crippen molar-refractivity contribution in [1.29, 1.82) is 0 Å². The largest absolute Gasteiger partial charge is 0.507 e. The van der Waals surface area contributed by atoms with Crippen LogP contribution in [0.4, 0.5) is 0 Å². The Morgan fingerprint density at radius 1 is 1.20 bits per heavy atom. The van der Waals surface area contributed by atoms with Crippen LogP contribution < -0.4 is 5.32 Å². The molecule has 0 aliphatic carbocycles. The third kappa shape index (κ3) is 6.76. The van der Waals surface area contributed by atoms with Crippen molar-refractivity contribution in [2.24, 2.45) is 15.9 Å². The first kappa shape index (κ1) is 28.6. The number of aldehydes is 1. The monoisotopic (exact) mass is 541 g/mol. The van der Waals surface area contributed by atoms with Gasteiger partial charge in [0, 0.05) is 47.8 Å². The second-order valence-electron chi connectivity index (χ2n) is 9.97. The van der Waals surface area contributed by atoms with Gasteiger partial charge in [-0.1, -0.05) is 31.1 Å². The fraction of sp³-hybridized carbons (Fsp3) is 0.333. The van der Waals surface area contributed by atoms with E-state index in [1.54, 1.807) is 30.6 Å². The maximum absolute atomic E-state index is 11.5. The van der Waals surface area contributed by atoms with E-state index in [-0.39, 0.29) is 23.5 Å². The van der Waals surface area contributed by atoms with Gasteiger partial charge in [0.25, 0.3) is 0 Å². The average Bonchev–Trinajstić information content (AvgIpc) is 3.60. The predicted molar refractivity (Wildman–Crippen MR) is 158 cm³/mol. The molecule has 3 N–H and O–H groups in total. The van der Waals surface area contributed by atoms with Crippen LogP contribution in [-0.4, -0.2) is 64.8 Å². The number of benzene rings is 1. The van der Waals surface area contributed by atoms with Crippen LogP contribution in [0.15, 0.2) is 63.2 Å². The summed E-state index contributed by atoms with van der Waals surface area (Å²) in [4.78, 5) is 23.5. The number of aliphatic imine (C=N–C) groups is 2. The highest BCUT2D eigenvalue weighted by Crippen LogP contribution is 2.31. The Bertz CT molecular complexity index is 1500. The first-order chi connectivity index (χ1) is 19.4. The van der Waals surface area contributed by atoms with E-state index in [0.717, 1.165) is 42.4 Å². The van der Waals surface area contributed by atoms with Gasteiger partial charge in [-0.25, -0.2) is 0 Å². The van der Waals surface area contributed by atoms with Gasteiger partial charge >= 0.3 is 0 Å². The maximum Gasteiger partial charge on any atom is 0.147 e. The Labute approximate surface area is 233 Å². The van der Waals surface area contributed by atoms with E-state index in [0.29, 0.717) is 34.8 Å². The van der Waals surface area contributed by atoms with E-state index in [1.165, 1.54) is 0 Å². The second-order valence-corrected chi connectivity index (χ2v) is 9.97. The van der Waals surface area contributed by atoms with Crippen molar-refractivity contribution >= 4 is 35.8 Å². The van der Waals surface area contributed by atoms with Gasteiger partial charge in [0.15, 0.2) is 0 Å². The topological polar surface area (TPSA) is 142 Å². The zero-order valence-corrected chi connectivity index (χ0v) is 23.0. The van der Waals surface area contributed by atoms with E-state index >= 15 is 0 Å². The van der Waals surface area contributed by atoms with Crippen LogP contribution >= 0.6 is 0 Å². The Kier molecular flexibility index (Phi) is 9.69. The Balaban J connectivity index is 1.49. The van der Waals surface area contributed by atoms with Gasteiger partial charge in [-0.2, -0.15) is 0 Å². The van der Waals surface area contributed by atoms with Crippen LogP contribution in [0.25, 0.3) is 27.9 Å². The number of hydrogen-bond acceptors (Lipinski definition) is 9. The smallest absolute Gasteiger partial charge is 0.147 e. The highest BCUT2D eigenvalue weighted by molar-refractivity contribution is 6.09. The molecule has 2 atom stereocenters. The number of nitrogens with zero attached hydrogens (tertiary/aromatic N) is 5. The molecule has 1 aromatic carbocycles. The number of phenolic OH excluding ortho intramolecular Hbond substituents is 1. The molecule has 4 aromatic rings. The molecule has 4 rings (SSSR count). The minimum Gasteiger partial charge on any atom is -0.507 e. The number of aromatic amines is 1. The van der Waals surface area contributed by atoms with E-state index in [1.807, 2.05) is 45.2 Å². The number of aromatic nitrogens is 4. The van der Waals surface area contributed by atoms with E-state index in [4.69, 9.17) is 4.52 Å². The molecular weight excluding hydrogens is 506 g/mol. The molecule has 0 aliphatic heterocycles. The van der Waals surface area contributed by atoms with Crippen molar-refractivity contribution in [2.75, 3.05) is 20.1 Å². The van der Waals surface area contributed by atoms with Crippen LogP contribution in [0.2, 0.25) is 0 Å². The highest BCUT2D eigenvalue weighted by Gasteiger charge is 2.21. The third-order valence-corrected chi connectivity index (χ3v) is 6.84. The fourth-order valence-corrected chi connectivity index (χ4v) is 4.55. The van der Waals surface area contributed by atoms with Crippen LogP contribution in [-0.2, 0) is 4.79 Å². The predicted octanol–water partition coefficient (Wildman–Crippen LogP) is 5.15. The summed E-state index contributed by atoms with van der Waals surface area (Å²) in [5.74, 6) is 0.621. The first-order valence-corrected chi connectivity index (χ1v) is 13.3. The van der Waals surface area contributed by atoms with Crippen LogP contribution in [0.3, 0.4) is 0 Å². The molecule has 0 radical (unpaired) electrons. The Hall–Kier alpha value is -4.44. The number of phenols is 1. The summed E-state index contributed by atoms with van der Waals surface area (Å²) in [7, 11) is 1.94. The van der Waals surface area contributed by atoms with Crippen LogP contribution in [0, 0.1) is 5.92 Å². The molecular formula is C30H35N7O3. The van der Waals surface area contributed by atoms with Gasteiger partial charge < -0.3 is 24.7 Å². The van der Waals surface area contributed by atoms with Gasteiger partial charge in [0.1, 0.15) is 29.0 Å². The summed E-state index contributed by atoms with van der Waals surface area (Å²) in [6.45, 7) is 8.89. The summed E-state index contributed by atoms with van der Waals surface area (Å²) in [5.41, 5.74) is 5.14. The lowest BCUT2D eigenvalue weighted by Gasteiger charge is -2.14. The number of carbonyl (C=O) groups is 1. The average molecular weight is 542 g/mol. The summed E-state index contributed by atoms with van der Waals surface area (Å²) >= 11 is 0. The molecule has 0 saturated carbocycles. The summed E-state index contributed by atoms with van der Waals surface area (Å²) in [6.07, 6.45) is 5.87. The van der Waals surface area contributed by atoms with Crippen molar-refractivity contribution in [3.63, 3.8) is 0 Å². The van der Waals surface area contributed by atoms with Crippen LogP contribution in [0.5, 0.6) is 5.75 Å². The lowest BCUT2D eigenvalue weighted by Crippen LogP contribution is -2.13. The maximum atomic E-state index is 11.5. The van der Waals surface area contributed by atoms with Gasteiger partial charge in [-0.15, -0.1) is 10.2 Å². The first-order valence-electron chi connectivity index (χ1n) is 13.3. The molecule has 40 heavy (non-hydrogen) atoms. The third-order valence-electron chi connectivity index (χ3n) is 6.84. The standard InChI is InChI=1S/C30H35N7O3/c1-19(2)23(18-38)30-15-25(37-40-30)21(16-32-4)17-33-12-10-20(9-11-31-3)24-13-28-27(34-24)14-26(35-36-28)22-7-5-6-8-29(22)39/h5-8,13-20,23,31,34,39H,4,9-12H2,1-3H3/b21-16+,33-17?. The van der Waals surface area contributed by atoms with Crippen molar-refractivity contribution in [2.45, 2.75) is 38.5 Å². The minimum absolute atomic E-state index is 0.0965. The number of aromatic hydroxyl groups is 1. The fourth-order valence-electron chi connectivity index (χ4n) is 4.55. The molecule has 0 amide bonds. The van der Waals surface area contributed by atoms with E-state index < -0.39 is 0 Å². The normalized spacial score (nSPS) is 13.8. The lowest BCUT2D eigenvalue weighted by molar-refractivity contribution is -0.110. The quantitative estimate of drug-likeness (QED) is 0.148. The number of H-pyrrole nitrogens is 1. The highest BCUT2D eigenvalue weighted by atomic mass is 16.5. The molecule has 10 nitrogen and oxygen atoms in total. The summed E-state index contributed by atoms with van der Waals surface area (Å²) in [5, 5.41) is 26.3. The number of carbonyl (C=O) groups excluding carboxylic acids is 1. The minimum atomic E-state index is -0.362. The zero-order chi connectivity index (χ0) is 28.5. The summed E-state index contributed by atoms with van der Waals surface area (Å²) < 4.78 is 5.44. The molecule has 2 unspecified atom stereocenters. The molecule has 10 heteroatoms.